The first-order valence-electron chi connectivity index (χ1n) is 9.01. The molecule has 0 unspecified atom stereocenters. The lowest BCUT2D eigenvalue weighted by Gasteiger charge is -2.29. The van der Waals surface area contributed by atoms with Crippen molar-refractivity contribution in [2.24, 2.45) is 0 Å². The van der Waals surface area contributed by atoms with Gasteiger partial charge >= 0.3 is 0 Å². The van der Waals surface area contributed by atoms with Crippen molar-refractivity contribution in [3.8, 4) is 11.5 Å². The number of amides is 2. The number of hydrogen-bond acceptors (Lipinski definition) is 5. The zero-order valence-corrected chi connectivity index (χ0v) is 17.5. The molecule has 1 aliphatic rings. The number of halogens is 1. The molecule has 0 aromatic heterocycles. The SMILES string of the molecule is CCOc1ccc(C=C2C(=O)NC(=S)N(c3ccc(Cl)cc3)C2=O)cc1OCC. The van der Waals surface area contributed by atoms with Crippen LogP contribution in [0.1, 0.15) is 19.4 Å². The first-order chi connectivity index (χ1) is 13.9. The van der Waals surface area contributed by atoms with Crippen molar-refractivity contribution in [1.29, 1.82) is 0 Å². The molecule has 0 atom stereocenters. The maximum atomic E-state index is 13.0. The van der Waals surface area contributed by atoms with Gasteiger partial charge in [0.1, 0.15) is 5.57 Å². The Hall–Kier alpha value is -2.90. The van der Waals surface area contributed by atoms with E-state index in [0.29, 0.717) is 41.0 Å². The smallest absolute Gasteiger partial charge is 0.270 e. The fraction of sp³-hybridized carbons (Fsp3) is 0.190. The van der Waals surface area contributed by atoms with Gasteiger partial charge in [0.15, 0.2) is 16.6 Å². The summed E-state index contributed by atoms with van der Waals surface area (Å²) in [5.41, 5.74) is 1.09. The number of rotatable bonds is 6. The van der Waals surface area contributed by atoms with Gasteiger partial charge in [-0.2, -0.15) is 0 Å². The van der Waals surface area contributed by atoms with Gasteiger partial charge in [0, 0.05) is 5.02 Å². The Morgan fingerprint density at radius 2 is 1.69 bits per heavy atom. The third kappa shape index (κ3) is 4.58. The fourth-order valence-corrected chi connectivity index (χ4v) is 3.21. The first-order valence-corrected chi connectivity index (χ1v) is 9.79. The predicted octanol–water partition coefficient (Wildman–Crippen LogP) is 3.97. The molecule has 0 radical (unpaired) electrons. The number of ether oxygens (including phenoxy) is 2. The van der Waals surface area contributed by atoms with Gasteiger partial charge in [0.05, 0.1) is 18.9 Å². The number of nitrogens with zero attached hydrogens (tertiary/aromatic N) is 1. The van der Waals surface area contributed by atoms with E-state index in [1.807, 2.05) is 13.8 Å². The van der Waals surface area contributed by atoms with Crippen molar-refractivity contribution in [3.63, 3.8) is 0 Å². The zero-order chi connectivity index (χ0) is 21.0. The van der Waals surface area contributed by atoms with Crippen molar-refractivity contribution in [2.75, 3.05) is 18.1 Å². The van der Waals surface area contributed by atoms with Crippen LogP contribution in [0.4, 0.5) is 5.69 Å². The summed E-state index contributed by atoms with van der Waals surface area (Å²) >= 11 is 11.1. The van der Waals surface area contributed by atoms with Crippen molar-refractivity contribution in [2.45, 2.75) is 13.8 Å². The number of nitrogens with one attached hydrogen (secondary N) is 1. The Kier molecular flexibility index (Phi) is 6.51. The summed E-state index contributed by atoms with van der Waals surface area (Å²) in [6.07, 6.45) is 1.50. The number of carbonyl (C=O) groups is 2. The maximum absolute atomic E-state index is 13.0. The van der Waals surface area contributed by atoms with Crippen LogP contribution in [0.2, 0.25) is 5.02 Å². The van der Waals surface area contributed by atoms with Crippen molar-refractivity contribution in [1.82, 2.24) is 5.32 Å². The van der Waals surface area contributed by atoms with E-state index in [1.165, 1.54) is 11.0 Å². The van der Waals surface area contributed by atoms with Crippen LogP contribution in [0.5, 0.6) is 11.5 Å². The molecule has 1 aliphatic heterocycles. The zero-order valence-electron chi connectivity index (χ0n) is 15.9. The van der Waals surface area contributed by atoms with E-state index < -0.39 is 11.8 Å². The van der Waals surface area contributed by atoms with Gasteiger partial charge < -0.3 is 9.47 Å². The van der Waals surface area contributed by atoms with E-state index in [4.69, 9.17) is 33.3 Å². The van der Waals surface area contributed by atoms with Crippen LogP contribution in [0.3, 0.4) is 0 Å². The van der Waals surface area contributed by atoms with Crippen LogP contribution < -0.4 is 19.7 Å². The summed E-state index contributed by atoms with van der Waals surface area (Å²) in [4.78, 5) is 26.7. The van der Waals surface area contributed by atoms with Crippen molar-refractivity contribution >= 4 is 52.5 Å². The highest BCUT2D eigenvalue weighted by molar-refractivity contribution is 7.80. The molecule has 1 fully saturated rings. The quantitative estimate of drug-likeness (QED) is 0.426. The van der Waals surface area contributed by atoms with E-state index in [1.54, 1.807) is 42.5 Å². The van der Waals surface area contributed by atoms with Gasteiger partial charge in [0.25, 0.3) is 11.8 Å². The summed E-state index contributed by atoms with van der Waals surface area (Å²) in [5.74, 6) is 0.0577. The normalized spacial score (nSPS) is 15.5. The van der Waals surface area contributed by atoms with Crippen LogP contribution in [-0.4, -0.2) is 30.1 Å². The Balaban J connectivity index is 1.98. The lowest BCUT2D eigenvalue weighted by Crippen LogP contribution is -2.54. The van der Waals surface area contributed by atoms with Crippen LogP contribution in [-0.2, 0) is 9.59 Å². The molecule has 0 saturated carbocycles. The highest BCUT2D eigenvalue weighted by atomic mass is 35.5. The first kappa shape index (κ1) is 20.8. The second-order valence-electron chi connectivity index (χ2n) is 6.01. The largest absolute Gasteiger partial charge is 0.490 e. The van der Waals surface area contributed by atoms with E-state index in [9.17, 15) is 9.59 Å². The van der Waals surface area contributed by atoms with Gasteiger partial charge in [-0.25, -0.2) is 0 Å². The van der Waals surface area contributed by atoms with Gasteiger partial charge in [-0.15, -0.1) is 0 Å². The molecule has 150 valence electrons. The molecule has 2 aromatic carbocycles. The second kappa shape index (κ2) is 9.07. The fourth-order valence-electron chi connectivity index (χ4n) is 2.81. The van der Waals surface area contributed by atoms with Gasteiger partial charge in [-0.1, -0.05) is 17.7 Å². The van der Waals surface area contributed by atoms with Crippen LogP contribution in [0.15, 0.2) is 48.0 Å². The van der Waals surface area contributed by atoms with E-state index in [2.05, 4.69) is 5.32 Å². The lowest BCUT2D eigenvalue weighted by atomic mass is 10.1. The molecule has 0 bridgehead atoms. The van der Waals surface area contributed by atoms with Crippen LogP contribution in [0.25, 0.3) is 6.08 Å². The maximum Gasteiger partial charge on any atom is 0.270 e. The Bertz CT molecular complexity index is 989. The topological polar surface area (TPSA) is 67.9 Å². The molecule has 6 nitrogen and oxygen atoms in total. The third-order valence-electron chi connectivity index (χ3n) is 4.06. The highest BCUT2D eigenvalue weighted by Gasteiger charge is 2.34. The van der Waals surface area contributed by atoms with E-state index in [-0.39, 0.29) is 10.7 Å². The predicted molar refractivity (Wildman–Crippen MR) is 116 cm³/mol. The van der Waals surface area contributed by atoms with Crippen LogP contribution >= 0.6 is 23.8 Å². The molecule has 3 rings (SSSR count). The van der Waals surface area contributed by atoms with E-state index in [0.717, 1.165) is 0 Å². The lowest BCUT2D eigenvalue weighted by molar-refractivity contribution is -0.122. The Morgan fingerprint density at radius 1 is 1.03 bits per heavy atom. The second-order valence-corrected chi connectivity index (χ2v) is 6.83. The molecule has 1 heterocycles. The standard InChI is InChI=1S/C21H19ClN2O4S/c1-3-27-17-10-5-13(12-18(17)28-4-2)11-16-19(25)23-21(29)24(20(16)26)15-8-6-14(22)7-9-15/h5-12H,3-4H2,1-2H3,(H,23,25,29). The third-order valence-corrected chi connectivity index (χ3v) is 4.60. The molecule has 29 heavy (non-hydrogen) atoms. The number of benzene rings is 2. The molecule has 8 heteroatoms. The summed E-state index contributed by atoms with van der Waals surface area (Å²) in [6.45, 7) is 4.70. The molecule has 1 N–H and O–H groups in total. The van der Waals surface area contributed by atoms with Gasteiger partial charge in [-0.05, 0) is 74.1 Å². The molecular weight excluding hydrogens is 412 g/mol. The van der Waals surface area contributed by atoms with Crippen LogP contribution in [0, 0.1) is 0 Å². The summed E-state index contributed by atoms with van der Waals surface area (Å²) < 4.78 is 11.2. The summed E-state index contributed by atoms with van der Waals surface area (Å²) in [7, 11) is 0. The van der Waals surface area contributed by atoms with Crippen molar-refractivity contribution < 1.29 is 19.1 Å². The minimum Gasteiger partial charge on any atom is -0.490 e. The number of hydrogen-bond donors (Lipinski definition) is 1. The molecule has 0 spiro atoms. The Morgan fingerprint density at radius 3 is 2.34 bits per heavy atom. The average Bonchev–Trinajstić information content (AvgIpc) is 2.69. The van der Waals surface area contributed by atoms with Gasteiger partial charge in [0.2, 0.25) is 0 Å². The monoisotopic (exact) mass is 430 g/mol. The minimum atomic E-state index is -0.558. The minimum absolute atomic E-state index is 0.0150. The average molecular weight is 431 g/mol. The molecule has 2 amide bonds. The summed E-state index contributed by atoms with van der Waals surface area (Å²) in [6, 6.07) is 11.8. The number of anilines is 1. The molecule has 2 aromatic rings. The van der Waals surface area contributed by atoms with E-state index >= 15 is 0 Å². The molecule has 0 aliphatic carbocycles. The molecular formula is C21H19ClN2O4S. The number of carbonyl (C=O) groups excluding carboxylic acids is 2. The number of thiocarbonyl (C=S) groups is 1. The Labute approximate surface area is 179 Å². The van der Waals surface area contributed by atoms with Crippen molar-refractivity contribution in [3.05, 3.63) is 58.6 Å². The van der Waals surface area contributed by atoms with Gasteiger partial charge in [-0.3, -0.25) is 19.8 Å². The highest BCUT2D eigenvalue weighted by Crippen LogP contribution is 2.30. The summed E-state index contributed by atoms with van der Waals surface area (Å²) in [5, 5.41) is 3.10. The molecule has 1 saturated heterocycles.